The summed E-state index contributed by atoms with van der Waals surface area (Å²) in [5, 5.41) is 5.20. The van der Waals surface area contributed by atoms with Crippen molar-refractivity contribution < 1.29 is 0 Å². The average Bonchev–Trinajstić information content (AvgIpc) is 3.15. The summed E-state index contributed by atoms with van der Waals surface area (Å²) >= 11 is 8.20. The normalized spacial score (nSPS) is 16.0. The first kappa shape index (κ1) is 14.9. The molecule has 2 N–H and O–H groups in total. The molecule has 0 radical (unpaired) electrons. The number of nitrogens with zero attached hydrogens (tertiary/aromatic N) is 1. The zero-order valence-electron chi connectivity index (χ0n) is 12.3. The molecular weight excluding hydrogens is 300 g/mol. The van der Waals surface area contributed by atoms with Crippen LogP contribution in [0.5, 0.6) is 0 Å². The number of nitrogens with two attached hydrogens (primary N) is 1. The Morgan fingerprint density at radius 3 is 2.81 bits per heavy atom. The summed E-state index contributed by atoms with van der Waals surface area (Å²) in [6.45, 7) is 2.99. The lowest BCUT2D eigenvalue weighted by Gasteiger charge is -2.28. The highest BCUT2D eigenvalue weighted by Gasteiger charge is 2.31. The van der Waals surface area contributed by atoms with Crippen LogP contribution < -0.4 is 10.6 Å². The maximum Gasteiger partial charge on any atom is 0.0459 e. The van der Waals surface area contributed by atoms with E-state index in [9.17, 15) is 0 Å². The van der Waals surface area contributed by atoms with E-state index in [-0.39, 0.29) is 6.04 Å². The fourth-order valence-corrected chi connectivity index (χ4v) is 3.62. The molecule has 1 saturated carbocycles. The zero-order valence-corrected chi connectivity index (χ0v) is 13.8. The smallest absolute Gasteiger partial charge is 0.0459 e. The van der Waals surface area contributed by atoms with Crippen molar-refractivity contribution in [2.45, 2.75) is 44.8 Å². The van der Waals surface area contributed by atoms with Crippen LogP contribution in [0.4, 0.5) is 5.69 Å². The predicted octanol–water partition coefficient (Wildman–Crippen LogP) is 4.46. The Bertz CT molecular complexity index is 591. The van der Waals surface area contributed by atoms with E-state index in [2.05, 4.69) is 27.8 Å². The second-order valence-corrected chi connectivity index (χ2v) is 7.10. The van der Waals surface area contributed by atoms with Crippen LogP contribution in [-0.2, 0) is 13.0 Å². The number of rotatable bonds is 6. The summed E-state index contributed by atoms with van der Waals surface area (Å²) in [7, 11) is 0. The summed E-state index contributed by atoms with van der Waals surface area (Å²) < 4.78 is 0. The van der Waals surface area contributed by atoms with Gasteiger partial charge in [0.15, 0.2) is 0 Å². The molecule has 1 atom stereocenters. The highest BCUT2D eigenvalue weighted by molar-refractivity contribution is 7.07. The number of halogens is 1. The van der Waals surface area contributed by atoms with Crippen LogP contribution in [0, 0.1) is 0 Å². The summed E-state index contributed by atoms with van der Waals surface area (Å²) in [5.41, 5.74) is 9.84. The van der Waals surface area contributed by atoms with Gasteiger partial charge in [-0.1, -0.05) is 17.7 Å². The van der Waals surface area contributed by atoms with Crippen molar-refractivity contribution in [1.82, 2.24) is 0 Å². The predicted molar refractivity (Wildman–Crippen MR) is 92.3 cm³/mol. The number of hydrogen-bond acceptors (Lipinski definition) is 3. The van der Waals surface area contributed by atoms with Crippen LogP contribution in [0.1, 0.15) is 30.9 Å². The Labute approximate surface area is 135 Å². The molecule has 2 nitrogen and oxygen atoms in total. The topological polar surface area (TPSA) is 29.3 Å². The Hall–Kier alpha value is -1.03. The Morgan fingerprint density at radius 1 is 1.38 bits per heavy atom. The molecule has 0 saturated heterocycles. The number of hydrogen-bond donors (Lipinski definition) is 1. The molecule has 1 aliphatic carbocycles. The molecule has 0 amide bonds. The van der Waals surface area contributed by atoms with Crippen molar-refractivity contribution in [3.63, 3.8) is 0 Å². The van der Waals surface area contributed by atoms with Gasteiger partial charge in [0.2, 0.25) is 0 Å². The van der Waals surface area contributed by atoms with Crippen molar-refractivity contribution in [2.24, 2.45) is 5.73 Å². The van der Waals surface area contributed by atoms with Crippen molar-refractivity contribution in [1.29, 1.82) is 0 Å². The quantitative estimate of drug-likeness (QED) is 0.851. The van der Waals surface area contributed by atoms with Gasteiger partial charge in [0.05, 0.1) is 0 Å². The van der Waals surface area contributed by atoms with Gasteiger partial charge >= 0.3 is 0 Å². The lowest BCUT2D eigenvalue weighted by molar-refractivity contribution is 0.725. The number of benzene rings is 1. The highest BCUT2D eigenvalue weighted by atomic mass is 35.5. The second kappa shape index (κ2) is 6.39. The van der Waals surface area contributed by atoms with Crippen LogP contribution in [0.15, 0.2) is 35.0 Å². The Balaban J connectivity index is 1.93. The molecule has 4 heteroatoms. The first-order valence-corrected chi connectivity index (χ1v) is 8.78. The van der Waals surface area contributed by atoms with Gasteiger partial charge in [-0.05, 0) is 66.3 Å². The lowest BCUT2D eigenvalue weighted by atomic mass is 10.0. The third-order valence-electron chi connectivity index (χ3n) is 3.85. The third-order valence-corrected chi connectivity index (χ3v) is 4.94. The first-order chi connectivity index (χ1) is 10.1. The minimum Gasteiger partial charge on any atom is -0.364 e. The maximum atomic E-state index is 6.44. The molecule has 0 bridgehead atoms. The van der Waals surface area contributed by atoms with E-state index >= 15 is 0 Å². The standard InChI is InChI=1S/C17H21ClN2S/c1-12(19)9-15-16(18)3-2-4-17(15)20(14-5-6-14)10-13-7-8-21-11-13/h2-4,7-8,11-12,14H,5-6,9-10,19H2,1H3. The van der Waals surface area contributed by atoms with Crippen molar-refractivity contribution >= 4 is 28.6 Å². The van der Waals surface area contributed by atoms with Crippen LogP contribution in [-0.4, -0.2) is 12.1 Å². The van der Waals surface area contributed by atoms with E-state index < -0.39 is 0 Å². The molecular formula is C17H21ClN2S. The number of anilines is 1. The van der Waals surface area contributed by atoms with E-state index in [1.807, 2.05) is 19.1 Å². The summed E-state index contributed by atoms with van der Waals surface area (Å²) in [4.78, 5) is 2.51. The van der Waals surface area contributed by atoms with E-state index in [1.54, 1.807) is 11.3 Å². The Morgan fingerprint density at radius 2 is 2.19 bits per heavy atom. The summed E-state index contributed by atoms with van der Waals surface area (Å²) in [6.07, 6.45) is 3.37. The van der Waals surface area contributed by atoms with E-state index in [0.29, 0.717) is 6.04 Å². The minimum atomic E-state index is 0.117. The molecule has 21 heavy (non-hydrogen) atoms. The molecule has 112 valence electrons. The molecule has 1 unspecified atom stereocenters. The third kappa shape index (κ3) is 3.60. The van der Waals surface area contributed by atoms with Crippen LogP contribution in [0.2, 0.25) is 5.02 Å². The van der Waals surface area contributed by atoms with Gasteiger partial charge in [-0.15, -0.1) is 0 Å². The fraction of sp³-hybridized carbons (Fsp3) is 0.412. The van der Waals surface area contributed by atoms with E-state index in [0.717, 1.165) is 18.0 Å². The summed E-state index contributed by atoms with van der Waals surface area (Å²) in [5.74, 6) is 0. The zero-order chi connectivity index (χ0) is 14.8. The number of thiophene rings is 1. The summed E-state index contributed by atoms with van der Waals surface area (Å²) in [6, 6.07) is 9.18. The Kier molecular flexibility index (Phi) is 4.53. The molecule has 0 spiro atoms. The molecule has 0 aliphatic heterocycles. The van der Waals surface area contributed by atoms with Crippen LogP contribution in [0.25, 0.3) is 0 Å². The van der Waals surface area contributed by atoms with Crippen LogP contribution in [0.3, 0.4) is 0 Å². The van der Waals surface area contributed by atoms with Crippen molar-refractivity contribution in [3.8, 4) is 0 Å². The largest absolute Gasteiger partial charge is 0.364 e. The van der Waals surface area contributed by atoms with Crippen molar-refractivity contribution in [3.05, 3.63) is 51.2 Å². The SMILES string of the molecule is CC(N)Cc1c(Cl)cccc1N(Cc1ccsc1)C1CC1. The van der Waals surface area contributed by atoms with Gasteiger partial charge < -0.3 is 10.6 Å². The highest BCUT2D eigenvalue weighted by Crippen LogP contribution is 2.37. The molecule has 3 rings (SSSR count). The molecule has 1 aromatic carbocycles. The fourth-order valence-electron chi connectivity index (χ4n) is 2.72. The minimum absolute atomic E-state index is 0.117. The first-order valence-electron chi connectivity index (χ1n) is 7.46. The van der Waals surface area contributed by atoms with E-state index in [1.165, 1.54) is 29.7 Å². The molecule has 1 aliphatic rings. The van der Waals surface area contributed by atoms with Gasteiger partial charge in [-0.2, -0.15) is 11.3 Å². The average molecular weight is 321 g/mol. The van der Waals surface area contributed by atoms with Crippen molar-refractivity contribution in [2.75, 3.05) is 4.90 Å². The van der Waals surface area contributed by atoms with Gasteiger partial charge in [-0.25, -0.2) is 0 Å². The van der Waals surface area contributed by atoms with Crippen LogP contribution >= 0.6 is 22.9 Å². The molecule has 1 heterocycles. The van der Waals surface area contributed by atoms with Gasteiger partial charge in [0.25, 0.3) is 0 Å². The van der Waals surface area contributed by atoms with Gasteiger partial charge in [-0.3, -0.25) is 0 Å². The monoisotopic (exact) mass is 320 g/mol. The molecule has 1 fully saturated rings. The molecule has 2 aromatic rings. The lowest BCUT2D eigenvalue weighted by Crippen LogP contribution is -2.27. The van der Waals surface area contributed by atoms with Gasteiger partial charge in [0.1, 0.15) is 0 Å². The maximum absolute atomic E-state index is 6.44. The van der Waals surface area contributed by atoms with E-state index in [4.69, 9.17) is 17.3 Å². The van der Waals surface area contributed by atoms with Gasteiger partial charge in [0, 0.05) is 29.3 Å². The molecule has 1 aromatic heterocycles. The second-order valence-electron chi connectivity index (χ2n) is 5.91.